The summed E-state index contributed by atoms with van der Waals surface area (Å²) in [5, 5.41) is 0. The van der Waals surface area contributed by atoms with Crippen molar-refractivity contribution in [2.24, 2.45) is 0 Å². The predicted molar refractivity (Wildman–Crippen MR) is 99.2 cm³/mol. The Balaban J connectivity index is 1.50. The Morgan fingerprint density at radius 1 is 1.00 bits per heavy atom. The SMILES string of the molecule is O=C(c1ccc(F)cc1)N1CCOc2ccc(CN3CCOCC3)cc2C1. The third-order valence-corrected chi connectivity index (χ3v) is 4.99. The molecule has 4 rings (SSSR count). The Kier molecular flexibility index (Phi) is 5.36. The summed E-state index contributed by atoms with van der Waals surface area (Å²) in [4.78, 5) is 16.9. The van der Waals surface area contributed by atoms with Gasteiger partial charge in [0.2, 0.25) is 0 Å². The van der Waals surface area contributed by atoms with E-state index in [2.05, 4.69) is 17.0 Å². The molecule has 2 aliphatic heterocycles. The minimum Gasteiger partial charge on any atom is -0.491 e. The van der Waals surface area contributed by atoms with Crippen LogP contribution in [0.5, 0.6) is 5.75 Å². The Labute approximate surface area is 158 Å². The monoisotopic (exact) mass is 370 g/mol. The molecule has 0 saturated carbocycles. The molecule has 0 aliphatic carbocycles. The number of halogens is 1. The molecule has 2 aliphatic rings. The molecule has 1 saturated heterocycles. The lowest BCUT2D eigenvalue weighted by atomic mass is 10.1. The van der Waals surface area contributed by atoms with Gasteiger partial charge in [-0.15, -0.1) is 0 Å². The standard InChI is InChI=1S/C21H23FN2O3/c22-19-4-2-17(3-5-19)21(25)24-9-12-27-20-6-1-16(13-18(20)15-24)14-23-7-10-26-11-8-23/h1-6,13H,7-12,14-15H2. The Bertz CT molecular complexity index is 804. The van der Waals surface area contributed by atoms with E-state index >= 15 is 0 Å². The van der Waals surface area contributed by atoms with Crippen LogP contribution in [0.25, 0.3) is 0 Å². The van der Waals surface area contributed by atoms with Crippen molar-refractivity contribution in [2.45, 2.75) is 13.1 Å². The first-order valence-corrected chi connectivity index (χ1v) is 9.28. The van der Waals surface area contributed by atoms with Crippen LogP contribution >= 0.6 is 0 Å². The van der Waals surface area contributed by atoms with Crippen LogP contribution in [0, 0.1) is 5.82 Å². The topological polar surface area (TPSA) is 42.0 Å². The van der Waals surface area contributed by atoms with Crippen LogP contribution in [0.3, 0.4) is 0 Å². The lowest BCUT2D eigenvalue weighted by Gasteiger charge is -2.27. The third-order valence-electron chi connectivity index (χ3n) is 4.99. The van der Waals surface area contributed by atoms with Gasteiger partial charge in [-0.3, -0.25) is 9.69 Å². The molecule has 2 aromatic rings. The van der Waals surface area contributed by atoms with Gasteiger partial charge in [0.05, 0.1) is 19.8 Å². The number of hydrogen-bond donors (Lipinski definition) is 0. The van der Waals surface area contributed by atoms with Crippen molar-refractivity contribution in [2.75, 3.05) is 39.5 Å². The normalized spacial score (nSPS) is 17.7. The second-order valence-corrected chi connectivity index (χ2v) is 6.91. The second kappa shape index (κ2) is 8.06. The van der Waals surface area contributed by atoms with Gasteiger partial charge in [0.25, 0.3) is 5.91 Å². The predicted octanol–water partition coefficient (Wildman–Crippen LogP) is 2.69. The molecule has 5 nitrogen and oxygen atoms in total. The summed E-state index contributed by atoms with van der Waals surface area (Å²) in [5.74, 6) is 0.379. The number of rotatable bonds is 3. The van der Waals surface area contributed by atoms with Gasteiger partial charge >= 0.3 is 0 Å². The molecule has 1 amide bonds. The summed E-state index contributed by atoms with van der Waals surface area (Å²) in [6.07, 6.45) is 0. The van der Waals surface area contributed by atoms with Crippen LogP contribution in [0.2, 0.25) is 0 Å². The number of carbonyl (C=O) groups excluding carboxylic acids is 1. The second-order valence-electron chi connectivity index (χ2n) is 6.91. The molecular formula is C21H23FN2O3. The molecule has 142 valence electrons. The van der Waals surface area contributed by atoms with Gasteiger partial charge in [-0.1, -0.05) is 6.07 Å². The molecule has 1 fully saturated rings. The first-order valence-electron chi connectivity index (χ1n) is 9.28. The number of carbonyl (C=O) groups is 1. The molecule has 0 aromatic heterocycles. The van der Waals surface area contributed by atoms with E-state index in [1.807, 2.05) is 6.07 Å². The summed E-state index contributed by atoms with van der Waals surface area (Å²) in [7, 11) is 0. The summed E-state index contributed by atoms with van der Waals surface area (Å²) in [5.41, 5.74) is 2.70. The van der Waals surface area contributed by atoms with Crippen molar-refractivity contribution >= 4 is 5.91 Å². The lowest BCUT2D eigenvalue weighted by Crippen LogP contribution is -2.35. The van der Waals surface area contributed by atoms with Crippen LogP contribution in [0.1, 0.15) is 21.5 Å². The van der Waals surface area contributed by atoms with E-state index in [0.717, 1.165) is 44.2 Å². The quantitative estimate of drug-likeness (QED) is 0.833. The van der Waals surface area contributed by atoms with Crippen LogP contribution in [0.4, 0.5) is 4.39 Å². The van der Waals surface area contributed by atoms with E-state index in [1.165, 1.54) is 29.8 Å². The molecule has 27 heavy (non-hydrogen) atoms. The van der Waals surface area contributed by atoms with Crippen LogP contribution in [-0.4, -0.2) is 55.2 Å². The zero-order chi connectivity index (χ0) is 18.6. The fourth-order valence-corrected chi connectivity index (χ4v) is 3.51. The van der Waals surface area contributed by atoms with E-state index in [0.29, 0.717) is 25.3 Å². The molecule has 0 atom stereocenters. The van der Waals surface area contributed by atoms with Crippen LogP contribution in [0.15, 0.2) is 42.5 Å². The summed E-state index contributed by atoms with van der Waals surface area (Å²) in [6.45, 7) is 5.71. The van der Waals surface area contributed by atoms with E-state index in [-0.39, 0.29) is 11.7 Å². The molecular weight excluding hydrogens is 347 g/mol. The molecule has 0 radical (unpaired) electrons. The van der Waals surface area contributed by atoms with Crippen LogP contribution in [-0.2, 0) is 17.8 Å². The molecule has 2 heterocycles. The number of hydrogen-bond acceptors (Lipinski definition) is 4. The van der Waals surface area contributed by atoms with Crippen molar-refractivity contribution in [1.82, 2.24) is 9.80 Å². The Hall–Kier alpha value is -2.44. The van der Waals surface area contributed by atoms with E-state index in [9.17, 15) is 9.18 Å². The summed E-state index contributed by atoms with van der Waals surface area (Å²) >= 11 is 0. The number of morpholine rings is 1. The maximum Gasteiger partial charge on any atom is 0.254 e. The first-order chi connectivity index (χ1) is 13.2. The van der Waals surface area contributed by atoms with Gasteiger partial charge < -0.3 is 14.4 Å². The minimum atomic E-state index is -0.344. The zero-order valence-electron chi connectivity index (χ0n) is 15.2. The van der Waals surface area contributed by atoms with Gasteiger partial charge in [0.1, 0.15) is 18.2 Å². The van der Waals surface area contributed by atoms with E-state index < -0.39 is 0 Å². The largest absolute Gasteiger partial charge is 0.491 e. The number of benzene rings is 2. The smallest absolute Gasteiger partial charge is 0.254 e. The number of ether oxygens (including phenoxy) is 2. The van der Waals surface area contributed by atoms with Crippen molar-refractivity contribution < 1.29 is 18.7 Å². The van der Waals surface area contributed by atoms with Crippen molar-refractivity contribution in [3.05, 3.63) is 65.0 Å². The van der Waals surface area contributed by atoms with Crippen molar-refractivity contribution in [1.29, 1.82) is 0 Å². The summed E-state index contributed by atoms with van der Waals surface area (Å²) in [6, 6.07) is 11.9. The van der Waals surface area contributed by atoms with Gasteiger partial charge in [0.15, 0.2) is 0 Å². The molecule has 0 bridgehead atoms. The van der Waals surface area contributed by atoms with Crippen LogP contribution < -0.4 is 4.74 Å². The maximum absolute atomic E-state index is 13.1. The number of nitrogens with zero attached hydrogens (tertiary/aromatic N) is 2. The van der Waals surface area contributed by atoms with Gasteiger partial charge in [0, 0.05) is 37.3 Å². The molecule has 6 heteroatoms. The third kappa shape index (κ3) is 4.28. The molecule has 0 unspecified atom stereocenters. The number of fused-ring (bicyclic) bond motifs is 1. The highest BCUT2D eigenvalue weighted by Crippen LogP contribution is 2.26. The average Bonchev–Trinajstić information content (AvgIpc) is 2.91. The fraction of sp³-hybridized carbons (Fsp3) is 0.381. The average molecular weight is 370 g/mol. The zero-order valence-corrected chi connectivity index (χ0v) is 15.2. The van der Waals surface area contributed by atoms with E-state index in [1.54, 1.807) is 4.90 Å². The number of amides is 1. The molecule has 0 N–H and O–H groups in total. The highest BCUT2D eigenvalue weighted by Gasteiger charge is 2.22. The molecule has 2 aromatic carbocycles. The Morgan fingerprint density at radius 3 is 2.56 bits per heavy atom. The first kappa shape index (κ1) is 17.9. The minimum absolute atomic E-state index is 0.106. The van der Waals surface area contributed by atoms with Crippen molar-refractivity contribution in [3.8, 4) is 5.75 Å². The highest BCUT2D eigenvalue weighted by atomic mass is 19.1. The van der Waals surface area contributed by atoms with Gasteiger partial charge in [-0.25, -0.2) is 4.39 Å². The lowest BCUT2D eigenvalue weighted by molar-refractivity contribution is 0.0341. The molecule has 0 spiro atoms. The fourth-order valence-electron chi connectivity index (χ4n) is 3.51. The van der Waals surface area contributed by atoms with Gasteiger partial charge in [-0.2, -0.15) is 0 Å². The highest BCUT2D eigenvalue weighted by molar-refractivity contribution is 5.94. The summed E-state index contributed by atoms with van der Waals surface area (Å²) < 4.78 is 24.4. The van der Waals surface area contributed by atoms with E-state index in [4.69, 9.17) is 9.47 Å². The maximum atomic E-state index is 13.1. The van der Waals surface area contributed by atoms with Crippen molar-refractivity contribution in [3.63, 3.8) is 0 Å². The van der Waals surface area contributed by atoms with Gasteiger partial charge in [-0.05, 0) is 42.0 Å². The Morgan fingerprint density at radius 2 is 1.78 bits per heavy atom.